The van der Waals surface area contributed by atoms with E-state index in [-0.39, 0.29) is 11.2 Å². The van der Waals surface area contributed by atoms with Crippen molar-refractivity contribution in [1.29, 1.82) is 0 Å². The van der Waals surface area contributed by atoms with Gasteiger partial charge in [0.15, 0.2) is 0 Å². The fourth-order valence-electron chi connectivity index (χ4n) is 3.05. The lowest BCUT2D eigenvalue weighted by Crippen LogP contribution is -2.50. The van der Waals surface area contributed by atoms with Gasteiger partial charge in [0.25, 0.3) is 5.56 Å². The maximum Gasteiger partial charge on any atom is 0.332 e. The Morgan fingerprint density at radius 3 is 2.31 bits per heavy atom. The van der Waals surface area contributed by atoms with Gasteiger partial charge in [0, 0.05) is 57.9 Å². The van der Waals surface area contributed by atoms with Crippen molar-refractivity contribution < 1.29 is 4.74 Å². The van der Waals surface area contributed by atoms with Crippen LogP contribution in [-0.4, -0.2) is 53.4 Å². The van der Waals surface area contributed by atoms with Crippen molar-refractivity contribution in [2.75, 3.05) is 44.2 Å². The molecule has 0 unspecified atom stereocenters. The van der Waals surface area contributed by atoms with Gasteiger partial charge in [-0.25, -0.2) is 4.79 Å². The first-order valence-electron chi connectivity index (χ1n) is 8.58. The third-order valence-electron chi connectivity index (χ3n) is 4.69. The molecular formula is C18H23ClN4O3. The largest absolute Gasteiger partial charge is 0.492 e. The second kappa shape index (κ2) is 7.97. The number of nitrogens with zero attached hydrogens (tertiary/aromatic N) is 4. The summed E-state index contributed by atoms with van der Waals surface area (Å²) >= 11 is 5.86. The maximum absolute atomic E-state index is 12.1. The lowest BCUT2D eigenvalue weighted by atomic mass is 10.3. The highest BCUT2D eigenvalue weighted by molar-refractivity contribution is 6.30. The SMILES string of the molecule is Cn1c(N2CCN(CCOc3ccc(Cl)cc3)CC2)cc(=O)n(C)c1=O. The second-order valence-corrected chi connectivity index (χ2v) is 6.81. The average molecular weight is 379 g/mol. The van der Waals surface area contributed by atoms with Crippen molar-refractivity contribution in [3.8, 4) is 5.75 Å². The van der Waals surface area contributed by atoms with Crippen LogP contribution in [0.3, 0.4) is 0 Å². The summed E-state index contributed by atoms with van der Waals surface area (Å²) in [5.41, 5.74) is -0.576. The standard InChI is InChI=1S/C18H23ClN4O3/c1-20-16(13-17(24)21(2)18(20)25)23-9-7-22(8-10-23)11-12-26-15-5-3-14(19)4-6-15/h3-6,13H,7-12H2,1-2H3. The highest BCUT2D eigenvalue weighted by Gasteiger charge is 2.20. The third kappa shape index (κ3) is 4.11. The minimum atomic E-state index is -0.300. The molecule has 1 aliphatic heterocycles. The summed E-state index contributed by atoms with van der Waals surface area (Å²) in [6.07, 6.45) is 0. The number of halogens is 1. The first kappa shape index (κ1) is 18.5. The minimum Gasteiger partial charge on any atom is -0.492 e. The van der Waals surface area contributed by atoms with E-state index in [1.807, 2.05) is 24.3 Å². The topological polar surface area (TPSA) is 59.7 Å². The summed E-state index contributed by atoms with van der Waals surface area (Å²) in [7, 11) is 3.19. The molecule has 1 aliphatic rings. The van der Waals surface area contributed by atoms with E-state index in [1.54, 1.807) is 7.05 Å². The maximum atomic E-state index is 12.1. The van der Waals surface area contributed by atoms with E-state index in [2.05, 4.69) is 9.80 Å². The van der Waals surface area contributed by atoms with Crippen LogP contribution >= 0.6 is 11.6 Å². The van der Waals surface area contributed by atoms with Gasteiger partial charge in [0.2, 0.25) is 0 Å². The number of rotatable bonds is 5. The molecule has 0 saturated carbocycles. The molecule has 26 heavy (non-hydrogen) atoms. The van der Waals surface area contributed by atoms with Crippen LogP contribution in [0.1, 0.15) is 0 Å². The Balaban J connectivity index is 1.52. The first-order chi connectivity index (χ1) is 12.5. The number of anilines is 1. The lowest BCUT2D eigenvalue weighted by Gasteiger charge is -2.36. The highest BCUT2D eigenvalue weighted by Crippen LogP contribution is 2.16. The normalized spacial score (nSPS) is 15.3. The van der Waals surface area contributed by atoms with Gasteiger partial charge >= 0.3 is 5.69 Å². The summed E-state index contributed by atoms with van der Waals surface area (Å²) in [6.45, 7) is 4.67. The molecule has 0 N–H and O–H groups in total. The van der Waals surface area contributed by atoms with Crippen molar-refractivity contribution >= 4 is 17.4 Å². The molecule has 1 aromatic heterocycles. The third-order valence-corrected chi connectivity index (χ3v) is 4.94. The van der Waals surface area contributed by atoms with Crippen LogP contribution in [0, 0.1) is 0 Å². The summed E-state index contributed by atoms with van der Waals surface area (Å²) in [4.78, 5) is 28.4. The fraction of sp³-hybridized carbons (Fsp3) is 0.444. The molecule has 0 aliphatic carbocycles. The predicted molar refractivity (Wildman–Crippen MR) is 103 cm³/mol. The Morgan fingerprint density at radius 1 is 1.00 bits per heavy atom. The molecule has 7 nitrogen and oxygen atoms in total. The molecule has 0 atom stereocenters. The average Bonchev–Trinajstić information content (AvgIpc) is 2.65. The molecule has 0 amide bonds. The van der Waals surface area contributed by atoms with E-state index >= 15 is 0 Å². The van der Waals surface area contributed by atoms with Crippen LogP contribution in [0.4, 0.5) is 5.82 Å². The number of benzene rings is 1. The Kier molecular flexibility index (Phi) is 5.68. The zero-order chi connectivity index (χ0) is 18.7. The summed E-state index contributed by atoms with van der Waals surface area (Å²) < 4.78 is 8.38. The molecule has 1 fully saturated rings. The minimum absolute atomic E-state index is 0.276. The number of hydrogen-bond donors (Lipinski definition) is 0. The van der Waals surface area contributed by atoms with Crippen molar-refractivity contribution in [1.82, 2.24) is 14.0 Å². The molecular weight excluding hydrogens is 356 g/mol. The Hall–Kier alpha value is -2.25. The van der Waals surface area contributed by atoms with Crippen LogP contribution in [0.25, 0.3) is 0 Å². The molecule has 0 spiro atoms. The van der Waals surface area contributed by atoms with Crippen molar-refractivity contribution in [2.45, 2.75) is 0 Å². The van der Waals surface area contributed by atoms with E-state index in [9.17, 15) is 9.59 Å². The fourth-order valence-corrected chi connectivity index (χ4v) is 3.17. The van der Waals surface area contributed by atoms with Gasteiger partial charge < -0.3 is 9.64 Å². The van der Waals surface area contributed by atoms with E-state index in [0.29, 0.717) is 17.4 Å². The smallest absolute Gasteiger partial charge is 0.332 e. The van der Waals surface area contributed by atoms with Gasteiger partial charge in [-0.2, -0.15) is 0 Å². The molecule has 8 heteroatoms. The lowest BCUT2D eigenvalue weighted by molar-refractivity contribution is 0.200. The van der Waals surface area contributed by atoms with E-state index < -0.39 is 0 Å². The molecule has 2 aromatic rings. The Bertz CT molecular complexity index is 867. The first-order valence-corrected chi connectivity index (χ1v) is 8.96. The summed E-state index contributed by atoms with van der Waals surface area (Å²) in [5.74, 6) is 1.48. The molecule has 1 aromatic carbocycles. The summed E-state index contributed by atoms with van der Waals surface area (Å²) in [5, 5.41) is 0.693. The number of piperazine rings is 1. The number of hydrogen-bond acceptors (Lipinski definition) is 5. The molecule has 2 heterocycles. The van der Waals surface area contributed by atoms with Crippen molar-refractivity contribution in [3.63, 3.8) is 0 Å². The zero-order valence-corrected chi connectivity index (χ0v) is 15.8. The molecule has 0 radical (unpaired) electrons. The van der Waals surface area contributed by atoms with E-state index in [0.717, 1.165) is 43.0 Å². The highest BCUT2D eigenvalue weighted by atomic mass is 35.5. The summed E-state index contributed by atoms with van der Waals surface area (Å²) in [6, 6.07) is 8.86. The molecule has 1 saturated heterocycles. The van der Waals surface area contributed by atoms with Gasteiger partial charge in [0.1, 0.15) is 18.2 Å². The molecule has 140 valence electrons. The van der Waals surface area contributed by atoms with Crippen LogP contribution < -0.4 is 20.9 Å². The van der Waals surface area contributed by atoms with Crippen LogP contribution in [-0.2, 0) is 14.1 Å². The quantitative estimate of drug-likeness (QED) is 0.775. The monoisotopic (exact) mass is 378 g/mol. The Morgan fingerprint density at radius 2 is 1.65 bits per heavy atom. The van der Waals surface area contributed by atoms with Crippen LogP contribution in [0.5, 0.6) is 5.75 Å². The number of aromatic nitrogens is 2. The van der Waals surface area contributed by atoms with Gasteiger partial charge in [-0.3, -0.25) is 18.8 Å². The van der Waals surface area contributed by atoms with E-state index in [4.69, 9.17) is 16.3 Å². The molecule has 0 bridgehead atoms. The number of ether oxygens (including phenoxy) is 1. The van der Waals surface area contributed by atoms with Gasteiger partial charge in [-0.05, 0) is 24.3 Å². The van der Waals surface area contributed by atoms with Crippen LogP contribution in [0.2, 0.25) is 5.02 Å². The second-order valence-electron chi connectivity index (χ2n) is 6.37. The van der Waals surface area contributed by atoms with Gasteiger partial charge in [-0.1, -0.05) is 11.6 Å². The zero-order valence-electron chi connectivity index (χ0n) is 15.0. The van der Waals surface area contributed by atoms with Gasteiger partial charge in [-0.15, -0.1) is 0 Å². The van der Waals surface area contributed by atoms with Crippen LogP contribution in [0.15, 0.2) is 39.9 Å². The van der Waals surface area contributed by atoms with Crippen molar-refractivity contribution in [3.05, 3.63) is 56.2 Å². The van der Waals surface area contributed by atoms with Crippen molar-refractivity contribution in [2.24, 2.45) is 14.1 Å². The van der Waals surface area contributed by atoms with E-state index in [1.165, 1.54) is 17.7 Å². The predicted octanol–water partition coefficient (Wildman–Crippen LogP) is 0.938. The van der Waals surface area contributed by atoms with Gasteiger partial charge in [0.05, 0.1) is 0 Å². The molecule has 3 rings (SSSR count). The Labute approximate surface area is 157 Å².